The Morgan fingerprint density at radius 2 is 1.84 bits per heavy atom. The van der Waals surface area contributed by atoms with Gasteiger partial charge in [0.1, 0.15) is 0 Å². The highest BCUT2D eigenvalue weighted by molar-refractivity contribution is 7.99. The Morgan fingerprint density at radius 1 is 1.21 bits per heavy atom. The summed E-state index contributed by atoms with van der Waals surface area (Å²) in [4.78, 5) is 24.2. The SMILES string of the molecule is O=C(O)CN(CC(=O)O)CC1CSc2ccccc21. The number of hydrogen-bond donors (Lipinski definition) is 2. The summed E-state index contributed by atoms with van der Waals surface area (Å²) in [5.41, 5.74) is 1.19. The Hall–Kier alpha value is -1.53. The fourth-order valence-corrected chi connectivity index (χ4v) is 3.50. The molecular weight excluding hydrogens is 266 g/mol. The average molecular weight is 281 g/mol. The van der Waals surface area contributed by atoms with E-state index in [4.69, 9.17) is 10.2 Å². The molecule has 1 atom stereocenters. The largest absolute Gasteiger partial charge is 0.480 e. The van der Waals surface area contributed by atoms with Crippen molar-refractivity contribution < 1.29 is 19.8 Å². The molecule has 1 aromatic rings. The van der Waals surface area contributed by atoms with Gasteiger partial charge in [0.25, 0.3) is 0 Å². The van der Waals surface area contributed by atoms with Crippen LogP contribution in [0.3, 0.4) is 0 Å². The third-order valence-electron chi connectivity index (χ3n) is 3.00. The number of rotatable bonds is 6. The smallest absolute Gasteiger partial charge is 0.317 e. The topological polar surface area (TPSA) is 77.8 Å². The molecule has 0 aromatic heterocycles. The molecule has 0 aliphatic carbocycles. The van der Waals surface area contributed by atoms with Crippen molar-refractivity contribution in [2.75, 3.05) is 25.4 Å². The third kappa shape index (κ3) is 3.71. The first kappa shape index (κ1) is 13.9. The molecular formula is C13H15NO4S. The van der Waals surface area contributed by atoms with E-state index in [1.165, 1.54) is 15.4 Å². The second kappa shape index (κ2) is 6.08. The third-order valence-corrected chi connectivity index (χ3v) is 4.25. The number of carboxylic acids is 2. The minimum atomic E-state index is -1.000. The van der Waals surface area contributed by atoms with Crippen LogP contribution in [0.4, 0.5) is 0 Å². The van der Waals surface area contributed by atoms with Gasteiger partial charge in [-0.1, -0.05) is 18.2 Å². The van der Waals surface area contributed by atoms with Gasteiger partial charge < -0.3 is 10.2 Å². The molecule has 0 spiro atoms. The summed E-state index contributed by atoms with van der Waals surface area (Å²) < 4.78 is 0. The summed E-state index contributed by atoms with van der Waals surface area (Å²) in [5, 5.41) is 17.7. The van der Waals surface area contributed by atoms with Crippen molar-refractivity contribution in [3.63, 3.8) is 0 Å². The first-order chi connectivity index (χ1) is 9.06. The summed E-state index contributed by atoms with van der Waals surface area (Å²) in [7, 11) is 0. The van der Waals surface area contributed by atoms with Crippen molar-refractivity contribution >= 4 is 23.7 Å². The molecule has 2 rings (SSSR count). The lowest BCUT2D eigenvalue weighted by molar-refractivity contribution is -0.141. The molecule has 1 unspecified atom stereocenters. The van der Waals surface area contributed by atoms with Crippen molar-refractivity contribution in [1.82, 2.24) is 4.90 Å². The Morgan fingerprint density at radius 3 is 2.47 bits per heavy atom. The normalized spacial score (nSPS) is 17.4. The second-order valence-electron chi connectivity index (χ2n) is 4.50. The predicted molar refractivity (Wildman–Crippen MR) is 71.6 cm³/mol. The molecule has 102 valence electrons. The van der Waals surface area contributed by atoms with Gasteiger partial charge in [-0.25, -0.2) is 0 Å². The zero-order valence-electron chi connectivity index (χ0n) is 10.3. The van der Waals surface area contributed by atoms with Gasteiger partial charge in [0.2, 0.25) is 0 Å². The Balaban J connectivity index is 2.05. The number of carbonyl (C=O) groups is 2. The minimum Gasteiger partial charge on any atom is -0.480 e. The van der Waals surface area contributed by atoms with E-state index in [9.17, 15) is 9.59 Å². The highest BCUT2D eigenvalue weighted by atomic mass is 32.2. The lowest BCUT2D eigenvalue weighted by Gasteiger charge is -2.22. The average Bonchev–Trinajstić information content (AvgIpc) is 2.71. The molecule has 0 saturated carbocycles. The van der Waals surface area contributed by atoms with Crippen LogP contribution in [0, 0.1) is 0 Å². The Bertz CT molecular complexity index is 475. The molecule has 0 bridgehead atoms. The van der Waals surface area contributed by atoms with E-state index in [2.05, 4.69) is 0 Å². The van der Waals surface area contributed by atoms with Gasteiger partial charge in [0.15, 0.2) is 0 Å². The number of thioether (sulfide) groups is 1. The number of nitrogens with zero attached hydrogens (tertiary/aromatic N) is 1. The molecule has 1 aliphatic rings. The van der Waals surface area contributed by atoms with Gasteiger partial charge >= 0.3 is 11.9 Å². The van der Waals surface area contributed by atoms with Gasteiger partial charge in [0, 0.05) is 23.1 Å². The molecule has 1 heterocycles. The summed E-state index contributed by atoms with van der Waals surface area (Å²) in [6, 6.07) is 8.00. The van der Waals surface area contributed by atoms with E-state index in [1.54, 1.807) is 11.8 Å². The number of aliphatic carboxylic acids is 2. The van der Waals surface area contributed by atoms with Crippen LogP contribution in [0.1, 0.15) is 11.5 Å². The molecule has 6 heteroatoms. The van der Waals surface area contributed by atoms with Crippen LogP contribution in [-0.2, 0) is 9.59 Å². The maximum Gasteiger partial charge on any atom is 0.317 e. The minimum absolute atomic E-state index is 0.194. The van der Waals surface area contributed by atoms with Gasteiger partial charge in [-0.05, 0) is 11.6 Å². The maximum atomic E-state index is 10.8. The molecule has 1 aliphatic heterocycles. The molecule has 0 amide bonds. The summed E-state index contributed by atoms with van der Waals surface area (Å²) in [6.45, 7) is -0.0200. The van der Waals surface area contributed by atoms with Gasteiger partial charge in [-0.3, -0.25) is 14.5 Å². The number of fused-ring (bicyclic) bond motifs is 1. The second-order valence-corrected chi connectivity index (χ2v) is 5.56. The zero-order valence-corrected chi connectivity index (χ0v) is 11.1. The molecule has 0 fully saturated rings. The molecule has 5 nitrogen and oxygen atoms in total. The first-order valence-electron chi connectivity index (χ1n) is 5.94. The van der Waals surface area contributed by atoms with E-state index in [-0.39, 0.29) is 19.0 Å². The van der Waals surface area contributed by atoms with Crippen LogP contribution in [-0.4, -0.2) is 52.4 Å². The summed E-state index contributed by atoms with van der Waals surface area (Å²) in [5.74, 6) is -0.935. The fourth-order valence-electron chi connectivity index (χ4n) is 2.26. The Kier molecular flexibility index (Phi) is 4.44. The van der Waals surface area contributed by atoms with Gasteiger partial charge in [-0.2, -0.15) is 0 Å². The Labute approximate surface area is 115 Å². The van der Waals surface area contributed by atoms with E-state index in [1.807, 2.05) is 24.3 Å². The zero-order chi connectivity index (χ0) is 13.8. The van der Waals surface area contributed by atoms with Crippen LogP contribution in [0.15, 0.2) is 29.2 Å². The fraction of sp³-hybridized carbons (Fsp3) is 0.385. The van der Waals surface area contributed by atoms with Crippen LogP contribution in [0.25, 0.3) is 0 Å². The first-order valence-corrected chi connectivity index (χ1v) is 6.92. The summed E-state index contributed by atoms with van der Waals surface area (Å²) in [6.07, 6.45) is 0. The predicted octanol–water partition coefficient (Wildman–Crippen LogP) is 1.35. The van der Waals surface area contributed by atoms with Crippen LogP contribution in [0.2, 0.25) is 0 Å². The van der Waals surface area contributed by atoms with Crippen LogP contribution >= 0.6 is 11.8 Å². The van der Waals surface area contributed by atoms with E-state index in [0.29, 0.717) is 6.54 Å². The standard InChI is InChI=1S/C13H15NO4S/c15-12(16)6-14(7-13(17)18)5-9-8-19-11-4-2-1-3-10(9)11/h1-4,9H,5-8H2,(H,15,16)(H,17,18). The van der Waals surface area contributed by atoms with Gasteiger partial charge in [-0.15, -0.1) is 11.8 Å². The lowest BCUT2D eigenvalue weighted by Crippen LogP contribution is -2.37. The van der Waals surface area contributed by atoms with Crippen LogP contribution in [0.5, 0.6) is 0 Å². The van der Waals surface area contributed by atoms with Crippen molar-refractivity contribution in [3.05, 3.63) is 29.8 Å². The number of benzene rings is 1. The van der Waals surface area contributed by atoms with Crippen molar-refractivity contribution in [1.29, 1.82) is 0 Å². The highest BCUT2D eigenvalue weighted by Crippen LogP contribution is 2.39. The molecule has 0 saturated heterocycles. The molecule has 19 heavy (non-hydrogen) atoms. The maximum absolute atomic E-state index is 10.8. The van der Waals surface area contributed by atoms with E-state index >= 15 is 0 Å². The highest BCUT2D eigenvalue weighted by Gasteiger charge is 2.26. The monoisotopic (exact) mass is 281 g/mol. The van der Waals surface area contributed by atoms with Gasteiger partial charge in [0.05, 0.1) is 13.1 Å². The van der Waals surface area contributed by atoms with Crippen molar-refractivity contribution in [3.8, 4) is 0 Å². The molecule has 1 aromatic carbocycles. The van der Waals surface area contributed by atoms with E-state index < -0.39 is 11.9 Å². The lowest BCUT2D eigenvalue weighted by atomic mass is 10.0. The van der Waals surface area contributed by atoms with Crippen molar-refractivity contribution in [2.24, 2.45) is 0 Å². The number of hydrogen-bond acceptors (Lipinski definition) is 4. The van der Waals surface area contributed by atoms with E-state index in [0.717, 1.165) is 5.75 Å². The molecule has 0 radical (unpaired) electrons. The quantitative estimate of drug-likeness (QED) is 0.819. The van der Waals surface area contributed by atoms with Crippen LogP contribution < -0.4 is 0 Å². The summed E-state index contributed by atoms with van der Waals surface area (Å²) >= 11 is 1.73. The molecule has 2 N–H and O–H groups in total. The number of carboxylic acid groups (broad SMARTS) is 2. The van der Waals surface area contributed by atoms with Crippen molar-refractivity contribution in [2.45, 2.75) is 10.8 Å².